The van der Waals surface area contributed by atoms with Crippen LogP contribution in [0.5, 0.6) is 0 Å². The average molecular weight is 861 g/mol. The van der Waals surface area contributed by atoms with Gasteiger partial charge in [-0.1, -0.05) is 142 Å². The van der Waals surface area contributed by atoms with Gasteiger partial charge in [-0.15, -0.1) is 0 Å². The molecule has 12 heteroatoms. The van der Waals surface area contributed by atoms with Crippen LogP contribution in [0.2, 0.25) is 0 Å². The number of allylic oxidation sites excluding steroid dienone is 16. The SMILES string of the molecule is CC/C=C\C(O)C/C=C/C=C\C/C=C\C/C=C\CCCC(=O)OC[C@H](COP(=O)(O)OC[C@@H](O)CO)OC(=O)CCCCC/C=C\C/C=C\C/C=C\C/C=C\CCCCC. The Morgan fingerprint density at radius 2 is 1.10 bits per heavy atom. The summed E-state index contributed by atoms with van der Waals surface area (Å²) in [5.41, 5.74) is 0. The largest absolute Gasteiger partial charge is 0.472 e. The molecule has 0 radical (unpaired) electrons. The molecule has 0 amide bonds. The van der Waals surface area contributed by atoms with Gasteiger partial charge in [0, 0.05) is 12.8 Å². The summed E-state index contributed by atoms with van der Waals surface area (Å²) < 4.78 is 32.6. The first kappa shape index (κ1) is 56.6. The number of phosphoric acid groups is 1. The Labute approximate surface area is 361 Å². The summed E-state index contributed by atoms with van der Waals surface area (Å²) >= 11 is 0. The van der Waals surface area contributed by atoms with E-state index in [4.69, 9.17) is 19.1 Å². The van der Waals surface area contributed by atoms with Gasteiger partial charge in [0.2, 0.25) is 0 Å². The van der Waals surface area contributed by atoms with Crippen LogP contribution < -0.4 is 0 Å². The van der Waals surface area contributed by atoms with E-state index in [-0.39, 0.29) is 19.4 Å². The molecule has 0 aliphatic carbocycles. The number of aliphatic hydroxyl groups is 3. The molecule has 4 N–H and O–H groups in total. The summed E-state index contributed by atoms with van der Waals surface area (Å²) in [4.78, 5) is 35.0. The number of carbonyl (C=O) groups excluding carboxylic acids is 2. The molecule has 0 aliphatic heterocycles. The fourth-order valence-corrected chi connectivity index (χ4v) is 5.88. The molecule has 11 nitrogen and oxygen atoms in total. The Bertz CT molecular complexity index is 1380. The number of carbonyl (C=O) groups is 2. The lowest BCUT2D eigenvalue weighted by Crippen LogP contribution is -2.29. The summed E-state index contributed by atoms with van der Waals surface area (Å²) in [5.74, 6) is -1.07. The van der Waals surface area contributed by atoms with Gasteiger partial charge in [0.15, 0.2) is 6.10 Å². The van der Waals surface area contributed by atoms with Gasteiger partial charge in [0.25, 0.3) is 0 Å². The van der Waals surface area contributed by atoms with E-state index >= 15 is 0 Å². The predicted molar refractivity (Wildman–Crippen MR) is 243 cm³/mol. The van der Waals surface area contributed by atoms with Crippen LogP contribution in [0.1, 0.15) is 136 Å². The number of esters is 2. The summed E-state index contributed by atoms with van der Waals surface area (Å²) in [6.07, 6.45) is 49.7. The summed E-state index contributed by atoms with van der Waals surface area (Å²) in [6.45, 7) is 1.97. The minimum atomic E-state index is -4.66. The van der Waals surface area contributed by atoms with E-state index in [1.165, 1.54) is 25.7 Å². The Kier molecular flexibility index (Phi) is 39.9. The van der Waals surface area contributed by atoms with Crippen LogP contribution in [-0.4, -0.2) is 76.9 Å². The van der Waals surface area contributed by atoms with Crippen LogP contribution in [0.3, 0.4) is 0 Å². The number of rotatable bonds is 39. The third-order valence-electron chi connectivity index (χ3n) is 8.49. The van der Waals surface area contributed by atoms with E-state index < -0.39 is 57.9 Å². The van der Waals surface area contributed by atoms with E-state index in [0.717, 1.165) is 57.8 Å². The normalized spacial score (nSPS) is 15.4. The number of aliphatic hydroxyl groups excluding tert-OH is 3. The molecule has 60 heavy (non-hydrogen) atoms. The molecule has 0 aromatic carbocycles. The van der Waals surface area contributed by atoms with Crippen molar-refractivity contribution in [1.82, 2.24) is 0 Å². The molecule has 0 fully saturated rings. The molecule has 340 valence electrons. The molecule has 0 heterocycles. The van der Waals surface area contributed by atoms with E-state index in [2.05, 4.69) is 72.2 Å². The van der Waals surface area contributed by atoms with Crippen molar-refractivity contribution in [3.05, 3.63) is 109 Å². The van der Waals surface area contributed by atoms with Gasteiger partial charge in [-0.2, -0.15) is 0 Å². The smallest absolute Gasteiger partial charge is 0.462 e. The summed E-state index contributed by atoms with van der Waals surface area (Å²) in [6, 6.07) is 0. The lowest BCUT2D eigenvalue weighted by molar-refractivity contribution is -0.161. The highest BCUT2D eigenvalue weighted by atomic mass is 31.2. The van der Waals surface area contributed by atoms with Crippen LogP contribution in [0.15, 0.2) is 109 Å². The topological polar surface area (TPSA) is 169 Å². The molecule has 0 rings (SSSR count). The van der Waals surface area contributed by atoms with Crippen molar-refractivity contribution in [3.8, 4) is 0 Å². The molecular formula is C48H77O11P. The first-order chi connectivity index (χ1) is 29.1. The zero-order valence-corrected chi connectivity index (χ0v) is 37.4. The molecule has 0 aliphatic rings. The molecule has 0 saturated heterocycles. The van der Waals surface area contributed by atoms with Crippen molar-refractivity contribution in [1.29, 1.82) is 0 Å². The van der Waals surface area contributed by atoms with Crippen molar-refractivity contribution < 1.29 is 52.9 Å². The lowest BCUT2D eigenvalue weighted by Gasteiger charge is -2.20. The Hall–Kier alpha value is -3.41. The van der Waals surface area contributed by atoms with Crippen LogP contribution in [0, 0.1) is 0 Å². The minimum absolute atomic E-state index is 0.119. The number of hydrogen-bond acceptors (Lipinski definition) is 10. The number of ether oxygens (including phenoxy) is 2. The van der Waals surface area contributed by atoms with Crippen LogP contribution in [0.25, 0.3) is 0 Å². The van der Waals surface area contributed by atoms with Gasteiger partial charge < -0.3 is 29.7 Å². The highest BCUT2D eigenvalue weighted by molar-refractivity contribution is 7.47. The second kappa shape index (κ2) is 42.3. The molecular weight excluding hydrogens is 783 g/mol. The molecule has 2 unspecified atom stereocenters. The van der Waals surface area contributed by atoms with Gasteiger partial charge in [-0.3, -0.25) is 18.6 Å². The highest BCUT2D eigenvalue weighted by Gasteiger charge is 2.27. The predicted octanol–water partition coefficient (Wildman–Crippen LogP) is 10.7. The fourth-order valence-electron chi connectivity index (χ4n) is 5.09. The van der Waals surface area contributed by atoms with Gasteiger partial charge >= 0.3 is 19.8 Å². The van der Waals surface area contributed by atoms with Crippen LogP contribution in [0.4, 0.5) is 0 Å². The highest BCUT2D eigenvalue weighted by Crippen LogP contribution is 2.43. The Morgan fingerprint density at radius 3 is 1.68 bits per heavy atom. The third-order valence-corrected chi connectivity index (χ3v) is 9.44. The maximum absolute atomic E-state index is 12.6. The van der Waals surface area contributed by atoms with Crippen molar-refractivity contribution in [2.75, 3.05) is 26.4 Å². The molecule has 4 atom stereocenters. The molecule has 0 aromatic heterocycles. The quantitative estimate of drug-likeness (QED) is 0.0153. The standard InChI is InChI=1S/C48H77O11P/c1-3-5-7-8-9-10-11-12-13-14-15-16-17-18-23-26-29-32-35-39-48(53)59-46(43-58-60(54,55)57-41-45(51)40-49)42-56-47(52)38-34-31-28-25-22-20-19-21-24-27-30-33-37-44(50)36-6-4-2/h6,9-10,12-13,15-16,18-20,23-25,27-28,30,33,36,44-46,49-51H,3-5,7-8,11,14,17,21-22,26,29,31-32,34-35,37-43H2,1-2H3,(H,54,55)/b10-9-,13-12-,16-15-,20-19-,23-18-,27-24-,28-25-,33-30+,36-6-/t44?,45-,46+/m0/s1. The first-order valence-corrected chi connectivity index (χ1v) is 23.4. The number of hydrogen-bond donors (Lipinski definition) is 4. The van der Waals surface area contributed by atoms with E-state index in [1.54, 1.807) is 6.08 Å². The van der Waals surface area contributed by atoms with Crippen molar-refractivity contribution in [3.63, 3.8) is 0 Å². The summed E-state index contributed by atoms with van der Waals surface area (Å²) in [7, 11) is -4.66. The maximum atomic E-state index is 12.6. The van der Waals surface area contributed by atoms with Gasteiger partial charge in [-0.25, -0.2) is 4.57 Å². The van der Waals surface area contributed by atoms with E-state index in [0.29, 0.717) is 25.7 Å². The van der Waals surface area contributed by atoms with Crippen molar-refractivity contribution in [2.24, 2.45) is 0 Å². The molecule has 0 aromatic rings. The lowest BCUT2D eigenvalue weighted by atomic mass is 10.1. The zero-order valence-electron chi connectivity index (χ0n) is 36.5. The van der Waals surface area contributed by atoms with Crippen molar-refractivity contribution in [2.45, 2.75) is 154 Å². The monoisotopic (exact) mass is 861 g/mol. The summed E-state index contributed by atoms with van der Waals surface area (Å²) in [5, 5.41) is 28.1. The molecule has 0 spiro atoms. The fraction of sp³-hybridized carbons (Fsp3) is 0.583. The van der Waals surface area contributed by atoms with E-state index in [1.807, 2.05) is 49.5 Å². The van der Waals surface area contributed by atoms with Crippen molar-refractivity contribution >= 4 is 19.8 Å². The van der Waals surface area contributed by atoms with Gasteiger partial charge in [-0.05, 0) is 89.9 Å². The number of phosphoric ester groups is 1. The second-order valence-corrected chi connectivity index (χ2v) is 15.6. The van der Waals surface area contributed by atoms with Crippen LogP contribution in [-0.2, 0) is 32.7 Å². The van der Waals surface area contributed by atoms with E-state index in [9.17, 15) is 29.3 Å². The zero-order chi connectivity index (χ0) is 44.2. The Morgan fingerprint density at radius 1 is 0.583 bits per heavy atom. The molecule has 0 saturated carbocycles. The average Bonchev–Trinajstić information content (AvgIpc) is 3.23. The van der Waals surface area contributed by atoms with Gasteiger partial charge in [0.05, 0.1) is 25.9 Å². The van der Waals surface area contributed by atoms with Gasteiger partial charge in [0.1, 0.15) is 12.7 Å². The maximum Gasteiger partial charge on any atom is 0.472 e. The number of unbranched alkanes of at least 4 members (excludes halogenated alkanes) is 7. The minimum Gasteiger partial charge on any atom is -0.462 e. The Balaban J connectivity index is 4.51. The molecule has 0 bridgehead atoms. The third kappa shape index (κ3) is 41.3. The van der Waals surface area contributed by atoms with Crippen LogP contribution >= 0.6 is 7.82 Å². The first-order valence-electron chi connectivity index (χ1n) is 22.0. The second-order valence-electron chi connectivity index (χ2n) is 14.2.